The van der Waals surface area contributed by atoms with Crippen molar-refractivity contribution in [3.05, 3.63) is 35.5 Å². The van der Waals surface area contributed by atoms with Gasteiger partial charge >= 0.3 is 0 Å². The largest absolute Gasteiger partial charge is 0.297 e. The van der Waals surface area contributed by atoms with Crippen LogP contribution in [-0.4, -0.2) is 24.5 Å². The molecule has 0 spiro atoms. The summed E-state index contributed by atoms with van der Waals surface area (Å²) in [6, 6.07) is 0.750. The quantitative estimate of drug-likeness (QED) is 0.506. The highest BCUT2D eigenvalue weighted by molar-refractivity contribution is 5.34. The lowest BCUT2D eigenvalue weighted by Crippen LogP contribution is -2.34. The fourth-order valence-corrected chi connectivity index (χ4v) is 4.99. The Balaban J connectivity index is 1.58. The van der Waals surface area contributed by atoms with Crippen LogP contribution in [0.2, 0.25) is 0 Å². The normalized spacial score (nSPS) is 48.8. The number of fused-ring (bicyclic) bond motifs is 3. The number of hydrogen-bond acceptors (Lipinski definition) is 1. The molecular weight excluding hydrogens is 242 g/mol. The Morgan fingerprint density at radius 2 is 2.20 bits per heavy atom. The monoisotopic (exact) mass is 269 g/mol. The molecule has 1 heteroatoms. The van der Waals surface area contributed by atoms with Gasteiger partial charge in [-0.2, -0.15) is 0 Å². The molecule has 20 heavy (non-hydrogen) atoms. The Labute approximate surface area is 123 Å². The van der Waals surface area contributed by atoms with Crippen LogP contribution in [0.25, 0.3) is 0 Å². The van der Waals surface area contributed by atoms with Gasteiger partial charge in [0.1, 0.15) is 0 Å². The maximum absolute atomic E-state index is 4.37. The summed E-state index contributed by atoms with van der Waals surface area (Å²) >= 11 is 0. The average Bonchev–Trinajstić information content (AvgIpc) is 3.03. The predicted molar refractivity (Wildman–Crippen MR) is 84.5 cm³/mol. The molecule has 0 N–H and O–H groups in total. The van der Waals surface area contributed by atoms with Crippen LogP contribution in [0.3, 0.4) is 0 Å². The summed E-state index contributed by atoms with van der Waals surface area (Å²) < 4.78 is 0. The van der Waals surface area contributed by atoms with Gasteiger partial charge in [0, 0.05) is 12.6 Å². The summed E-state index contributed by atoms with van der Waals surface area (Å²) in [4.78, 5) is 2.42. The summed E-state index contributed by atoms with van der Waals surface area (Å²) in [6.07, 6.45) is 13.1. The van der Waals surface area contributed by atoms with Gasteiger partial charge in [-0.1, -0.05) is 42.4 Å². The third-order valence-corrected chi connectivity index (χ3v) is 6.64. The molecule has 5 unspecified atom stereocenters. The number of allylic oxidation sites excluding steroid dienone is 4. The van der Waals surface area contributed by atoms with Gasteiger partial charge in [-0.05, 0) is 62.8 Å². The fourth-order valence-electron chi connectivity index (χ4n) is 4.99. The zero-order valence-corrected chi connectivity index (χ0v) is 13.0. The van der Waals surface area contributed by atoms with Crippen LogP contribution in [0.4, 0.5) is 0 Å². The number of likely N-dealkylation sites (N-methyl/N-ethyl adjacent to an activating group) is 1. The standard InChI is InChI=1S/C19H27N/c1-13-4-7-18-17-6-5-14(11-16-12-20(16)3)10-15(17)8-9-19(13,18)2/h6,11,15-16,18H,1,4-5,7-10,12H2,2-3H3/b14-11-. The molecule has 3 fully saturated rings. The Bertz CT molecular complexity index is 512. The van der Waals surface area contributed by atoms with Crippen LogP contribution in [-0.2, 0) is 0 Å². The van der Waals surface area contributed by atoms with Crippen molar-refractivity contribution in [1.82, 2.24) is 4.90 Å². The van der Waals surface area contributed by atoms with E-state index < -0.39 is 0 Å². The molecule has 4 rings (SSSR count). The Morgan fingerprint density at radius 3 is 2.95 bits per heavy atom. The van der Waals surface area contributed by atoms with Crippen LogP contribution < -0.4 is 0 Å². The molecule has 0 bridgehead atoms. The van der Waals surface area contributed by atoms with Gasteiger partial charge < -0.3 is 0 Å². The van der Waals surface area contributed by atoms with Crippen molar-refractivity contribution in [3.63, 3.8) is 0 Å². The lowest BCUT2D eigenvalue weighted by atomic mass is 9.60. The number of hydrogen-bond donors (Lipinski definition) is 0. The SMILES string of the molecule is C=C1CCC2C3=CC/C(=C/C4CN4C)CC3CCC12C. The second-order valence-corrected chi connectivity index (χ2v) is 7.79. The van der Waals surface area contributed by atoms with Crippen molar-refractivity contribution < 1.29 is 0 Å². The first-order valence-electron chi connectivity index (χ1n) is 8.36. The highest BCUT2D eigenvalue weighted by atomic mass is 15.3. The van der Waals surface area contributed by atoms with E-state index >= 15 is 0 Å². The van der Waals surface area contributed by atoms with Crippen molar-refractivity contribution in [2.75, 3.05) is 13.6 Å². The van der Waals surface area contributed by atoms with E-state index in [9.17, 15) is 0 Å². The second kappa shape index (κ2) is 4.34. The Kier molecular flexibility index (Phi) is 2.79. The van der Waals surface area contributed by atoms with Crippen LogP contribution in [0.15, 0.2) is 35.5 Å². The lowest BCUT2D eigenvalue weighted by Gasteiger charge is -2.45. The van der Waals surface area contributed by atoms with Crippen LogP contribution >= 0.6 is 0 Å². The van der Waals surface area contributed by atoms with Crippen LogP contribution in [0.1, 0.15) is 45.4 Å². The smallest absolute Gasteiger partial charge is 0.0406 e. The molecule has 0 aromatic heterocycles. The van der Waals surface area contributed by atoms with Gasteiger partial charge in [0.05, 0.1) is 0 Å². The van der Waals surface area contributed by atoms with Gasteiger partial charge in [0.25, 0.3) is 0 Å². The zero-order chi connectivity index (χ0) is 13.9. The minimum Gasteiger partial charge on any atom is -0.297 e. The minimum absolute atomic E-state index is 0.431. The minimum atomic E-state index is 0.431. The maximum atomic E-state index is 4.37. The molecule has 5 atom stereocenters. The highest BCUT2D eigenvalue weighted by Gasteiger charge is 2.48. The molecule has 4 aliphatic rings. The fraction of sp³-hybridized carbons (Fsp3) is 0.684. The molecule has 1 nitrogen and oxygen atoms in total. The highest BCUT2D eigenvalue weighted by Crippen LogP contribution is 2.59. The van der Waals surface area contributed by atoms with Crippen molar-refractivity contribution >= 4 is 0 Å². The van der Waals surface area contributed by atoms with Gasteiger partial charge in [0.2, 0.25) is 0 Å². The summed E-state index contributed by atoms with van der Waals surface area (Å²) in [5.74, 6) is 1.67. The van der Waals surface area contributed by atoms with E-state index in [4.69, 9.17) is 0 Å². The molecule has 0 amide bonds. The van der Waals surface area contributed by atoms with E-state index in [1.165, 1.54) is 50.6 Å². The summed E-state index contributed by atoms with van der Waals surface area (Å²) in [7, 11) is 2.22. The van der Waals surface area contributed by atoms with E-state index in [0.717, 1.165) is 17.9 Å². The maximum Gasteiger partial charge on any atom is 0.0406 e. The molecule has 108 valence electrons. The van der Waals surface area contributed by atoms with Gasteiger partial charge in [-0.25, -0.2) is 0 Å². The molecule has 1 saturated heterocycles. The molecule has 2 saturated carbocycles. The Hall–Kier alpha value is -0.820. The topological polar surface area (TPSA) is 3.01 Å². The summed E-state index contributed by atoms with van der Waals surface area (Å²) in [6.45, 7) is 8.12. The van der Waals surface area contributed by atoms with E-state index in [1.807, 2.05) is 0 Å². The molecule has 0 aromatic rings. The van der Waals surface area contributed by atoms with Crippen molar-refractivity contribution in [1.29, 1.82) is 0 Å². The van der Waals surface area contributed by atoms with Crippen molar-refractivity contribution in [3.8, 4) is 0 Å². The number of nitrogens with zero attached hydrogens (tertiary/aromatic N) is 1. The molecular formula is C19H27N. The molecule has 3 aliphatic carbocycles. The van der Waals surface area contributed by atoms with Crippen molar-refractivity contribution in [2.24, 2.45) is 17.3 Å². The van der Waals surface area contributed by atoms with Crippen LogP contribution in [0, 0.1) is 17.3 Å². The second-order valence-electron chi connectivity index (χ2n) is 7.79. The van der Waals surface area contributed by atoms with E-state index in [0.29, 0.717) is 5.41 Å². The average molecular weight is 269 g/mol. The third-order valence-electron chi connectivity index (χ3n) is 6.64. The zero-order valence-electron chi connectivity index (χ0n) is 13.0. The molecule has 1 aliphatic heterocycles. The van der Waals surface area contributed by atoms with Crippen LogP contribution in [0.5, 0.6) is 0 Å². The van der Waals surface area contributed by atoms with E-state index in [1.54, 1.807) is 11.1 Å². The van der Waals surface area contributed by atoms with E-state index in [2.05, 4.69) is 37.6 Å². The Morgan fingerprint density at radius 1 is 1.40 bits per heavy atom. The first-order chi connectivity index (χ1) is 9.58. The van der Waals surface area contributed by atoms with Gasteiger partial charge in [0.15, 0.2) is 0 Å². The summed E-state index contributed by atoms with van der Waals surface area (Å²) in [5, 5.41) is 0. The number of rotatable bonds is 1. The molecule has 0 aromatic carbocycles. The van der Waals surface area contributed by atoms with E-state index in [-0.39, 0.29) is 0 Å². The van der Waals surface area contributed by atoms with Gasteiger partial charge in [-0.15, -0.1) is 0 Å². The predicted octanol–water partition coefficient (Wildman–Crippen LogP) is 4.33. The molecule has 0 radical (unpaired) electrons. The molecule has 1 heterocycles. The lowest BCUT2D eigenvalue weighted by molar-refractivity contribution is 0.203. The van der Waals surface area contributed by atoms with Crippen molar-refractivity contribution in [2.45, 2.75) is 51.5 Å². The first kappa shape index (κ1) is 12.9. The van der Waals surface area contributed by atoms with Gasteiger partial charge in [-0.3, -0.25) is 4.90 Å². The third kappa shape index (κ3) is 1.86. The summed E-state index contributed by atoms with van der Waals surface area (Å²) in [5.41, 5.74) is 5.47. The first-order valence-corrected chi connectivity index (χ1v) is 8.36.